The SMILES string of the molecule is Cc1noc(CCCNC(=O)c2cccc(NC(=O)c3ccc(Br)o3)c2)n1. The molecule has 0 aliphatic rings. The third-order valence-electron chi connectivity index (χ3n) is 3.60. The highest BCUT2D eigenvalue weighted by Crippen LogP contribution is 2.17. The van der Waals surface area contributed by atoms with Crippen LogP contribution in [0, 0.1) is 6.92 Å². The standard InChI is InChI=1S/C18H17BrN4O4/c1-11-21-16(27-23-11)6-3-9-20-17(24)12-4-2-5-13(10-12)22-18(25)14-7-8-15(19)26-14/h2,4-5,7-8,10H,3,6,9H2,1H3,(H,20,24)(H,22,25). The zero-order valence-electron chi connectivity index (χ0n) is 14.5. The van der Waals surface area contributed by atoms with Crippen LogP contribution in [0.1, 0.15) is 39.0 Å². The lowest BCUT2D eigenvalue weighted by atomic mass is 10.2. The van der Waals surface area contributed by atoms with Gasteiger partial charge in [0.25, 0.3) is 11.8 Å². The molecule has 0 saturated carbocycles. The summed E-state index contributed by atoms with van der Waals surface area (Å²) in [6.07, 6.45) is 1.27. The van der Waals surface area contributed by atoms with Crippen molar-refractivity contribution >= 4 is 33.4 Å². The summed E-state index contributed by atoms with van der Waals surface area (Å²) < 4.78 is 10.7. The van der Waals surface area contributed by atoms with Crippen LogP contribution in [0.15, 0.2) is 50.0 Å². The summed E-state index contributed by atoms with van der Waals surface area (Å²) in [6.45, 7) is 2.22. The summed E-state index contributed by atoms with van der Waals surface area (Å²) in [7, 11) is 0. The second-order valence-electron chi connectivity index (χ2n) is 5.73. The first-order valence-electron chi connectivity index (χ1n) is 8.25. The van der Waals surface area contributed by atoms with E-state index < -0.39 is 5.91 Å². The minimum atomic E-state index is -0.395. The molecule has 2 amide bonds. The van der Waals surface area contributed by atoms with Crippen LogP contribution in [0.25, 0.3) is 0 Å². The van der Waals surface area contributed by atoms with E-state index in [9.17, 15) is 9.59 Å². The number of anilines is 1. The molecule has 0 unspecified atom stereocenters. The van der Waals surface area contributed by atoms with Gasteiger partial charge in [-0.25, -0.2) is 0 Å². The summed E-state index contributed by atoms with van der Waals surface area (Å²) in [6, 6.07) is 9.87. The van der Waals surface area contributed by atoms with E-state index in [1.807, 2.05) is 0 Å². The number of rotatable bonds is 7. The first kappa shape index (κ1) is 18.8. The van der Waals surface area contributed by atoms with E-state index in [1.165, 1.54) is 0 Å². The lowest BCUT2D eigenvalue weighted by Gasteiger charge is -2.07. The number of carbonyl (C=O) groups excluding carboxylic acids is 2. The van der Waals surface area contributed by atoms with E-state index in [2.05, 4.69) is 36.7 Å². The van der Waals surface area contributed by atoms with Crippen LogP contribution in [-0.2, 0) is 6.42 Å². The molecule has 2 heterocycles. The summed E-state index contributed by atoms with van der Waals surface area (Å²) in [5.74, 6) is 0.695. The van der Waals surface area contributed by atoms with Gasteiger partial charge < -0.3 is 19.6 Å². The molecule has 0 aliphatic carbocycles. The average molecular weight is 433 g/mol. The molecule has 3 rings (SSSR count). The van der Waals surface area contributed by atoms with Gasteiger partial charge in [-0.2, -0.15) is 4.98 Å². The number of hydrogen-bond donors (Lipinski definition) is 2. The number of carbonyl (C=O) groups is 2. The highest BCUT2D eigenvalue weighted by molar-refractivity contribution is 9.10. The third kappa shape index (κ3) is 5.27. The minimum absolute atomic E-state index is 0.174. The number of halogens is 1. The van der Waals surface area contributed by atoms with Crippen LogP contribution in [0.5, 0.6) is 0 Å². The molecule has 9 heteroatoms. The fraction of sp³-hybridized carbons (Fsp3) is 0.222. The Balaban J connectivity index is 1.51. The topological polar surface area (TPSA) is 110 Å². The minimum Gasteiger partial charge on any atom is -0.444 e. The average Bonchev–Trinajstić information content (AvgIpc) is 3.27. The maximum Gasteiger partial charge on any atom is 0.291 e. The van der Waals surface area contributed by atoms with Crippen molar-refractivity contribution in [2.24, 2.45) is 0 Å². The van der Waals surface area contributed by atoms with Crippen molar-refractivity contribution in [2.45, 2.75) is 19.8 Å². The molecule has 140 valence electrons. The Morgan fingerprint density at radius 2 is 2.04 bits per heavy atom. The summed E-state index contributed by atoms with van der Waals surface area (Å²) in [5, 5.41) is 9.24. The van der Waals surface area contributed by atoms with Crippen molar-refractivity contribution < 1.29 is 18.5 Å². The van der Waals surface area contributed by atoms with Gasteiger partial charge in [0.15, 0.2) is 16.3 Å². The number of benzene rings is 1. The maximum absolute atomic E-state index is 12.3. The van der Waals surface area contributed by atoms with Gasteiger partial charge in [-0.05, 0) is 59.6 Å². The van der Waals surface area contributed by atoms with Gasteiger partial charge >= 0.3 is 0 Å². The Kier molecular flexibility index (Phi) is 6.02. The Labute approximate surface area is 163 Å². The predicted octanol–water partition coefficient (Wildman–Crippen LogP) is 3.35. The molecule has 0 fully saturated rings. The second kappa shape index (κ2) is 8.63. The monoisotopic (exact) mass is 432 g/mol. The first-order valence-corrected chi connectivity index (χ1v) is 9.05. The summed E-state index contributed by atoms with van der Waals surface area (Å²) >= 11 is 3.15. The fourth-order valence-electron chi connectivity index (χ4n) is 2.35. The fourth-order valence-corrected chi connectivity index (χ4v) is 2.66. The number of amides is 2. The normalized spacial score (nSPS) is 10.6. The number of aromatic nitrogens is 2. The highest BCUT2D eigenvalue weighted by atomic mass is 79.9. The molecule has 0 bridgehead atoms. The molecular formula is C18H17BrN4O4. The lowest BCUT2D eigenvalue weighted by molar-refractivity contribution is 0.0950. The van der Waals surface area contributed by atoms with Gasteiger partial charge in [-0.15, -0.1) is 0 Å². The smallest absolute Gasteiger partial charge is 0.291 e. The van der Waals surface area contributed by atoms with Crippen molar-refractivity contribution in [3.63, 3.8) is 0 Å². The third-order valence-corrected chi connectivity index (χ3v) is 4.03. The van der Waals surface area contributed by atoms with Crippen molar-refractivity contribution in [1.29, 1.82) is 0 Å². The molecule has 0 radical (unpaired) electrons. The van der Waals surface area contributed by atoms with Crippen molar-refractivity contribution in [1.82, 2.24) is 15.5 Å². The Hall–Kier alpha value is -2.94. The van der Waals surface area contributed by atoms with Crippen LogP contribution in [0.3, 0.4) is 0 Å². The molecule has 27 heavy (non-hydrogen) atoms. The predicted molar refractivity (Wildman–Crippen MR) is 100 cm³/mol. The zero-order valence-corrected chi connectivity index (χ0v) is 16.1. The second-order valence-corrected chi connectivity index (χ2v) is 6.52. The molecule has 2 aromatic heterocycles. The van der Waals surface area contributed by atoms with Crippen LogP contribution in [-0.4, -0.2) is 28.5 Å². The van der Waals surface area contributed by atoms with E-state index in [1.54, 1.807) is 43.3 Å². The number of hydrogen-bond acceptors (Lipinski definition) is 6. The Morgan fingerprint density at radius 1 is 1.19 bits per heavy atom. The molecule has 0 spiro atoms. The van der Waals surface area contributed by atoms with Crippen LogP contribution in [0.2, 0.25) is 0 Å². The van der Waals surface area contributed by atoms with Crippen LogP contribution < -0.4 is 10.6 Å². The summed E-state index contributed by atoms with van der Waals surface area (Å²) in [5.41, 5.74) is 0.948. The van der Waals surface area contributed by atoms with Crippen molar-refractivity contribution in [3.05, 3.63) is 64.1 Å². The Bertz CT molecular complexity index is 950. The molecule has 0 atom stereocenters. The maximum atomic E-state index is 12.3. The van der Waals surface area contributed by atoms with E-state index in [-0.39, 0.29) is 11.7 Å². The van der Waals surface area contributed by atoms with Gasteiger partial charge in [0.1, 0.15) is 0 Å². The zero-order chi connectivity index (χ0) is 19.2. The van der Waals surface area contributed by atoms with Gasteiger partial charge in [0.05, 0.1) is 0 Å². The number of nitrogens with zero attached hydrogens (tertiary/aromatic N) is 2. The van der Waals surface area contributed by atoms with E-state index in [4.69, 9.17) is 8.94 Å². The number of aryl methyl sites for hydroxylation is 2. The lowest BCUT2D eigenvalue weighted by Crippen LogP contribution is -2.25. The van der Waals surface area contributed by atoms with Gasteiger partial charge in [0, 0.05) is 24.2 Å². The van der Waals surface area contributed by atoms with E-state index >= 15 is 0 Å². The molecule has 0 aliphatic heterocycles. The molecule has 3 aromatic rings. The van der Waals surface area contributed by atoms with Crippen molar-refractivity contribution in [3.8, 4) is 0 Å². The first-order chi connectivity index (χ1) is 13.0. The molecule has 1 aromatic carbocycles. The number of nitrogens with one attached hydrogen (secondary N) is 2. The van der Waals surface area contributed by atoms with Gasteiger partial charge in [-0.3, -0.25) is 9.59 Å². The van der Waals surface area contributed by atoms with E-state index in [0.717, 1.165) is 0 Å². The quantitative estimate of drug-likeness (QED) is 0.553. The molecular weight excluding hydrogens is 416 g/mol. The summed E-state index contributed by atoms with van der Waals surface area (Å²) in [4.78, 5) is 28.5. The molecule has 2 N–H and O–H groups in total. The van der Waals surface area contributed by atoms with Gasteiger partial charge in [0.2, 0.25) is 5.89 Å². The Morgan fingerprint density at radius 3 is 2.74 bits per heavy atom. The van der Waals surface area contributed by atoms with Crippen LogP contribution in [0.4, 0.5) is 5.69 Å². The van der Waals surface area contributed by atoms with Gasteiger partial charge in [-0.1, -0.05) is 11.2 Å². The van der Waals surface area contributed by atoms with Crippen LogP contribution >= 0.6 is 15.9 Å². The highest BCUT2D eigenvalue weighted by Gasteiger charge is 2.12. The van der Waals surface area contributed by atoms with E-state index in [0.29, 0.717) is 47.0 Å². The molecule has 8 nitrogen and oxygen atoms in total. The molecule has 0 saturated heterocycles. The number of furan rings is 1. The largest absolute Gasteiger partial charge is 0.444 e. The van der Waals surface area contributed by atoms with Crippen molar-refractivity contribution in [2.75, 3.05) is 11.9 Å².